The molecule has 0 rings (SSSR count). The van der Waals surface area contributed by atoms with Gasteiger partial charge in [-0.15, -0.1) is 0 Å². The van der Waals surface area contributed by atoms with Gasteiger partial charge in [-0.05, 0) is 6.08 Å². The lowest BCUT2D eigenvalue weighted by molar-refractivity contribution is -0.141. The predicted molar refractivity (Wildman–Crippen MR) is 57.9 cm³/mol. The molecule has 0 saturated heterocycles. The van der Waals surface area contributed by atoms with Crippen molar-refractivity contribution in [3.05, 3.63) is 12.7 Å². The summed E-state index contributed by atoms with van der Waals surface area (Å²) in [6.45, 7) is 2.44. The van der Waals surface area contributed by atoms with Gasteiger partial charge < -0.3 is 30.1 Å². The van der Waals surface area contributed by atoms with Crippen LogP contribution in [-0.2, 0) is 9.59 Å². The number of aliphatic hydroxyl groups excluding tert-OH is 4. The molecule has 0 aliphatic carbocycles. The molecule has 7 heteroatoms. The van der Waals surface area contributed by atoms with Crippen LogP contribution in [0.2, 0.25) is 0 Å². The SMILES string of the molecule is C=CC(=O)N(C)[C@@H](C=O)[C@@H](O)[C@H](O)[C@H](O)CO. The van der Waals surface area contributed by atoms with E-state index in [0.29, 0.717) is 0 Å². The number of nitrogens with zero attached hydrogens (tertiary/aromatic N) is 1. The third kappa shape index (κ3) is 3.90. The number of aldehydes is 1. The summed E-state index contributed by atoms with van der Waals surface area (Å²) in [6, 6.07) is -1.34. The summed E-state index contributed by atoms with van der Waals surface area (Å²) >= 11 is 0. The van der Waals surface area contributed by atoms with Crippen LogP contribution >= 0.6 is 0 Å². The Bertz CT molecular complexity index is 282. The first kappa shape index (κ1) is 15.7. The minimum atomic E-state index is -1.74. The van der Waals surface area contributed by atoms with Gasteiger partial charge >= 0.3 is 0 Å². The highest BCUT2D eigenvalue weighted by Crippen LogP contribution is 2.09. The van der Waals surface area contributed by atoms with Gasteiger partial charge in [-0.1, -0.05) is 6.58 Å². The van der Waals surface area contributed by atoms with Crippen LogP contribution in [0.3, 0.4) is 0 Å². The van der Waals surface area contributed by atoms with Crippen LogP contribution in [0.1, 0.15) is 0 Å². The van der Waals surface area contributed by atoms with Gasteiger partial charge in [0.25, 0.3) is 0 Å². The lowest BCUT2D eigenvalue weighted by Gasteiger charge is -2.31. The molecule has 0 spiro atoms. The Morgan fingerprint density at radius 3 is 2.24 bits per heavy atom. The first-order valence-electron chi connectivity index (χ1n) is 4.90. The number of likely N-dealkylation sites (N-methyl/N-ethyl adjacent to an activating group) is 1. The van der Waals surface area contributed by atoms with E-state index in [0.717, 1.165) is 11.0 Å². The van der Waals surface area contributed by atoms with Crippen molar-refractivity contribution in [2.75, 3.05) is 13.7 Å². The second-order valence-electron chi connectivity index (χ2n) is 3.51. The molecule has 4 atom stereocenters. The summed E-state index contributed by atoms with van der Waals surface area (Å²) in [7, 11) is 1.24. The molecule has 0 bridgehead atoms. The van der Waals surface area contributed by atoms with Crippen LogP contribution in [0.4, 0.5) is 0 Å². The Balaban J connectivity index is 4.81. The molecule has 4 N–H and O–H groups in total. The fraction of sp³-hybridized carbons (Fsp3) is 0.600. The fourth-order valence-electron chi connectivity index (χ4n) is 1.23. The average Bonchev–Trinajstić information content (AvgIpc) is 2.36. The van der Waals surface area contributed by atoms with Gasteiger partial charge in [-0.2, -0.15) is 0 Å². The van der Waals surface area contributed by atoms with E-state index in [1.807, 2.05) is 0 Å². The van der Waals surface area contributed by atoms with Crippen molar-refractivity contribution in [1.82, 2.24) is 4.90 Å². The molecule has 0 aromatic rings. The first-order valence-corrected chi connectivity index (χ1v) is 4.90. The second-order valence-corrected chi connectivity index (χ2v) is 3.51. The molecule has 0 aliphatic rings. The Kier molecular flexibility index (Phi) is 6.59. The normalized spacial score (nSPS) is 17.7. The molecule has 0 saturated carbocycles. The van der Waals surface area contributed by atoms with E-state index in [-0.39, 0.29) is 6.29 Å². The molecule has 7 nitrogen and oxygen atoms in total. The van der Waals surface area contributed by atoms with Crippen LogP contribution < -0.4 is 0 Å². The zero-order chi connectivity index (χ0) is 13.6. The largest absolute Gasteiger partial charge is 0.394 e. The molecule has 1 amide bonds. The summed E-state index contributed by atoms with van der Waals surface area (Å²) in [5, 5.41) is 36.7. The van der Waals surface area contributed by atoms with Gasteiger partial charge in [-0.3, -0.25) is 4.79 Å². The van der Waals surface area contributed by atoms with E-state index in [9.17, 15) is 19.8 Å². The molecule has 0 aromatic heterocycles. The molecular weight excluding hydrogens is 230 g/mol. The van der Waals surface area contributed by atoms with Crippen molar-refractivity contribution < 1.29 is 30.0 Å². The highest BCUT2D eigenvalue weighted by atomic mass is 16.4. The molecule has 0 fully saturated rings. The van der Waals surface area contributed by atoms with Crippen molar-refractivity contribution in [1.29, 1.82) is 0 Å². The van der Waals surface area contributed by atoms with E-state index in [2.05, 4.69) is 6.58 Å². The number of carbonyl (C=O) groups excluding carboxylic acids is 2. The highest BCUT2D eigenvalue weighted by Gasteiger charge is 2.34. The highest BCUT2D eigenvalue weighted by molar-refractivity contribution is 5.89. The molecule has 0 aliphatic heterocycles. The molecular formula is C10H17NO6. The number of amides is 1. The number of hydrogen-bond donors (Lipinski definition) is 4. The van der Waals surface area contributed by atoms with Gasteiger partial charge in [0.15, 0.2) is 0 Å². The third-order valence-corrected chi connectivity index (χ3v) is 2.39. The Morgan fingerprint density at radius 1 is 1.35 bits per heavy atom. The lowest BCUT2D eigenvalue weighted by atomic mass is 10.0. The van der Waals surface area contributed by atoms with Gasteiger partial charge in [0.1, 0.15) is 30.6 Å². The van der Waals surface area contributed by atoms with Crippen LogP contribution in [0.15, 0.2) is 12.7 Å². The van der Waals surface area contributed by atoms with Crippen molar-refractivity contribution in [3.8, 4) is 0 Å². The standard InChI is InChI=1S/C10H17NO6/c1-3-8(15)11(2)6(4-12)9(16)10(17)7(14)5-13/h3-4,6-7,9-10,13-14,16-17H,1,5H2,2H3/t6-,7+,9+,10+/m0/s1. The maximum Gasteiger partial charge on any atom is 0.246 e. The molecule has 0 heterocycles. The Labute approximate surface area is 98.6 Å². The van der Waals surface area contributed by atoms with Crippen LogP contribution in [0.5, 0.6) is 0 Å². The van der Waals surface area contributed by atoms with Gasteiger partial charge in [0.2, 0.25) is 5.91 Å². The molecule has 17 heavy (non-hydrogen) atoms. The smallest absolute Gasteiger partial charge is 0.246 e. The van der Waals surface area contributed by atoms with Gasteiger partial charge in [-0.25, -0.2) is 0 Å². The van der Waals surface area contributed by atoms with Gasteiger partial charge in [0, 0.05) is 7.05 Å². The maximum absolute atomic E-state index is 11.2. The minimum absolute atomic E-state index is 0.263. The van der Waals surface area contributed by atoms with Crippen LogP contribution in [0.25, 0.3) is 0 Å². The predicted octanol–water partition coefficient (Wildman–Crippen LogP) is -2.73. The van der Waals surface area contributed by atoms with Crippen molar-refractivity contribution in [2.45, 2.75) is 24.4 Å². The first-order chi connectivity index (χ1) is 7.90. The maximum atomic E-state index is 11.2. The number of rotatable bonds is 7. The minimum Gasteiger partial charge on any atom is -0.394 e. The lowest BCUT2D eigenvalue weighted by Crippen LogP contribution is -2.53. The monoisotopic (exact) mass is 247 g/mol. The van der Waals surface area contributed by atoms with E-state index in [1.54, 1.807) is 0 Å². The number of carbonyl (C=O) groups is 2. The van der Waals surface area contributed by atoms with Gasteiger partial charge in [0.05, 0.1) is 6.61 Å². The molecule has 0 unspecified atom stereocenters. The van der Waals surface area contributed by atoms with Crippen molar-refractivity contribution in [2.24, 2.45) is 0 Å². The number of hydrogen-bond acceptors (Lipinski definition) is 6. The van der Waals surface area contributed by atoms with Crippen LogP contribution in [0, 0.1) is 0 Å². The van der Waals surface area contributed by atoms with Crippen LogP contribution in [-0.4, -0.2) is 75.5 Å². The average molecular weight is 247 g/mol. The van der Waals surface area contributed by atoms with E-state index < -0.39 is 36.9 Å². The van der Waals surface area contributed by atoms with E-state index >= 15 is 0 Å². The summed E-state index contributed by atoms with van der Waals surface area (Å²) in [5.41, 5.74) is 0. The van der Waals surface area contributed by atoms with E-state index in [4.69, 9.17) is 10.2 Å². The molecule has 98 valence electrons. The molecule has 0 aromatic carbocycles. The Hall–Kier alpha value is -1.28. The second kappa shape index (κ2) is 7.13. The fourth-order valence-corrected chi connectivity index (χ4v) is 1.23. The zero-order valence-electron chi connectivity index (χ0n) is 9.43. The van der Waals surface area contributed by atoms with E-state index in [1.165, 1.54) is 7.05 Å². The third-order valence-electron chi connectivity index (χ3n) is 2.39. The summed E-state index contributed by atoms with van der Waals surface area (Å²) in [4.78, 5) is 22.9. The van der Waals surface area contributed by atoms with Crippen molar-refractivity contribution in [3.63, 3.8) is 0 Å². The quantitative estimate of drug-likeness (QED) is 0.286. The topological polar surface area (TPSA) is 118 Å². The molecule has 0 radical (unpaired) electrons. The summed E-state index contributed by atoms with van der Waals surface area (Å²) < 4.78 is 0. The van der Waals surface area contributed by atoms with Crippen molar-refractivity contribution >= 4 is 12.2 Å². The Morgan fingerprint density at radius 2 is 1.88 bits per heavy atom. The number of aliphatic hydroxyl groups is 4. The summed E-state index contributed by atoms with van der Waals surface area (Å²) in [5.74, 6) is -0.619. The zero-order valence-corrected chi connectivity index (χ0v) is 9.43. The summed E-state index contributed by atoms with van der Waals surface area (Å²) in [6.07, 6.45) is -3.84.